The van der Waals surface area contributed by atoms with E-state index < -0.39 is 0 Å². The molecule has 0 aliphatic rings. The first-order valence-corrected chi connectivity index (χ1v) is 0. The molecule has 0 nitrogen and oxygen atoms in total. The van der Waals surface area contributed by atoms with Crippen molar-refractivity contribution in [3.63, 3.8) is 0 Å². The molecular weight excluding hydrogens is 171 g/mol. The van der Waals surface area contributed by atoms with Gasteiger partial charge in [-0.25, -0.2) is 0 Å². The van der Waals surface area contributed by atoms with E-state index >= 15 is 0 Å². The number of rotatable bonds is 0. The molecule has 22 valence electrons. The van der Waals surface area contributed by atoms with Crippen LogP contribution in [-0.2, 0) is 0 Å². The van der Waals surface area contributed by atoms with Crippen molar-refractivity contribution in [3.05, 3.63) is 0 Å². The minimum Gasteiger partial charge on any atom is 0 e. The molecule has 0 aromatic rings. The minimum absolute atomic E-state index is 0. The second-order valence-electron chi connectivity index (χ2n) is 0. The summed E-state index contributed by atoms with van der Waals surface area (Å²) in [7, 11) is 0. The minimum atomic E-state index is 0. The van der Waals surface area contributed by atoms with Crippen LogP contribution in [0.1, 0.15) is 0 Å². The SMILES string of the molecule is [AsH3].[AsH3].[B].[B]. The first-order valence-electron chi connectivity index (χ1n) is 0. The fourth-order valence-corrected chi connectivity index (χ4v) is 0. The van der Waals surface area contributed by atoms with Crippen molar-refractivity contribution in [2.45, 2.75) is 0 Å². The van der Waals surface area contributed by atoms with Crippen LogP contribution in [0.4, 0.5) is 0 Å². The van der Waals surface area contributed by atoms with Crippen LogP contribution in [-0.4, -0.2) is 52.7 Å². The maximum atomic E-state index is 0. The van der Waals surface area contributed by atoms with Gasteiger partial charge in [-0.1, -0.05) is 0 Å². The number of hydrogen-bond donors (Lipinski definition) is 0. The summed E-state index contributed by atoms with van der Waals surface area (Å²) in [5, 5.41) is 0. The summed E-state index contributed by atoms with van der Waals surface area (Å²) in [6.07, 6.45) is 0. The second kappa shape index (κ2) is 28.8. The second-order valence-corrected chi connectivity index (χ2v) is 0. The van der Waals surface area contributed by atoms with E-state index in [0.717, 1.165) is 0 Å². The molecule has 0 aliphatic carbocycles. The van der Waals surface area contributed by atoms with Gasteiger partial charge in [0.25, 0.3) is 0 Å². The van der Waals surface area contributed by atoms with Gasteiger partial charge in [0.1, 0.15) is 0 Å². The normalized spacial score (nSPS) is 0. The molecule has 0 heterocycles. The topological polar surface area (TPSA) is 0 Å². The van der Waals surface area contributed by atoms with Gasteiger partial charge in [0, 0.05) is 16.8 Å². The van der Waals surface area contributed by atoms with Gasteiger partial charge in [0.2, 0.25) is 0 Å². The van der Waals surface area contributed by atoms with Crippen LogP contribution >= 0.6 is 0 Å². The molecule has 0 fully saturated rings. The van der Waals surface area contributed by atoms with Gasteiger partial charge < -0.3 is 0 Å². The molecule has 0 aliphatic heterocycles. The van der Waals surface area contributed by atoms with E-state index in [1.165, 1.54) is 0 Å². The third-order valence-electron chi connectivity index (χ3n) is 0. The Morgan fingerprint density at radius 3 is 0.500 bits per heavy atom. The van der Waals surface area contributed by atoms with E-state index in [9.17, 15) is 0 Å². The third-order valence-corrected chi connectivity index (χ3v) is 0. The van der Waals surface area contributed by atoms with Crippen molar-refractivity contribution in [1.29, 1.82) is 0 Å². The summed E-state index contributed by atoms with van der Waals surface area (Å²) in [4.78, 5) is 0. The van der Waals surface area contributed by atoms with Crippen LogP contribution in [0.5, 0.6) is 0 Å². The van der Waals surface area contributed by atoms with E-state index in [4.69, 9.17) is 0 Å². The monoisotopic (exact) mass is 178 g/mol. The Labute approximate surface area is 52.9 Å². The van der Waals surface area contributed by atoms with Crippen molar-refractivity contribution < 1.29 is 0 Å². The van der Waals surface area contributed by atoms with E-state index in [2.05, 4.69) is 0 Å². The zero-order valence-electron chi connectivity index (χ0n) is 2.57. The molecule has 0 rings (SSSR count). The standard InChI is InChI=1S/2AsH3.2B/h2*1H3;;. The van der Waals surface area contributed by atoms with Crippen molar-refractivity contribution >= 4 is 52.7 Å². The van der Waals surface area contributed by atoms with Crippen molar-refractivity contribution in [1.82, 2.24) is 0 Å². The molecule has 0 aromatic heterocycles. The first-order chi connectivity index (χ1) is 0. The molecule has 0 bridgehead atoms. The van der Waals surface area contributed by atoms with Gasteiger partial charge >= 0.3 is 35.9 Å². The molecule has 0 amide bonds. The van der Waals surface area contributed by atoms with Crippen LogP contribution in [0.2, 0.25) is 0 Å². The van der Waals surface area contributed by atoms with E-state index in [-0.39, 0.29) is 52.7 Å². The van der Waals surface area contributed by atoms with Crippen LogP contribution in [0.25, 0.3) is 0 Å². The van der Waals surface area contributed by atoms with Gasteiger partial charge in [-0.05, 0) is 0 Å². The van der Waals surface area contributed by atoms with Gasteiger partial charge in [0.15, 0.2) is 0 Å². The molecule has 4 heavy (non-hydrogen) atoms. The Balaban J connectivity index is 0. The largest absolute Gasteiger partial charge is 0 e. The molecular formula is H6As2B2. The summed E-state index contributed by atoms with van der Waals surface area (Å²) in [5.74, 6) is 0. The molecule has 4 heteroatoms. The fourth-order valence-electron chi connectivity index (χ4n) is 0. The predicted molar refractivity (Wildman–Crippen MR) is 31.4 cm³/mol. The molecule has 0 N–H and O–H groups in total. The summed E-state index contributed by atoms with van der Waals surface area (Å²) < 4.78 is 0. The molecule has 2 atom stereocenters. The Bertz CT molecular complexity index is 4.00. The molecule has 0 saturated heterocycles. The van der Waals surface area contributed by atoms with E-state index in [0.29, 0.717) is 0 Å². The predicted octanol–water partition coefficient (Wildman–Crippen LogP) is -3.13. The summed E-state index contributed by atoms with van der Waals surface area (Å²) >= 11 is 0. The van der Waals surface area contributed by atoms with Crippen LogP contribution in [0, 0.1) is 0 Å². The first kappa shape index (κ1) is 60.9. The summed E-state index contributed by atoms with van der Waals surface area (Å²) in [5.41, 5.74) is 0. The van der Waals surface area contributed by atoms with Crippen molar-refractivity contribution in [2.75, 3.05) is 0 Å². The Hall–Kier alpha value is 1.25. The Kier molecular flexibility index (Phi) is 438. The zero-order valence-corrected chi connectivity index (χ0v) is 8.50. The molecule has 6 radical (unpaired) electrons. The smallest absolute Gasteiger partial charge is 0 e. The average Bonchev–Trinajstić information content (AvgIpc) is 0. The van der Waals surface area contributed by atoms with Gasteiger partial charge in [0.05, 0.1) is 0 Å². The summed E-state index contributed by atoms with van der Waals surface area (Å²) in [6, 6.07) is 0. The van der Waals surface area contributed by atoms with Gasteiger partial charge in [-0.3, -0.25) is 0 Å². The van der Waals surface area contributed by atoms with E-state index in [1.54, 1.807) is 0 Å². The molecule has 0 aromatic carbocycles. The van der Waals surface area contributed by atoms with Gasteiger partial charge in [-0.15, -0.1) is 0 Å². The van der Waals surface area contributed by atoms with Crippen molar-refractivity contribution in [3.8, 4) is 0 Å². The van der Waals surface area contributed by atoms with Crippen molar-refractivity contribution in [2.24, 2.45) is 0 Å². The number of hydrogen-bond acceptors (Lipinski definition) is 0. The zero-order chi connectivity index (χ0) is 0. The Morgan fingerprint density at radius 2 is 0.500 bits per heavy atom. The summed E-state index contributed by atoms with van der Waals surface area (Å²) in [6.45, 7) is 0. The quantitative estimate of drug-likeness (QED) is 0.344. The molecule has 2 unspecified atom stereocenters. The third kappa shape index (κ3) is 10.5. The molecule has 0 saturated carbocycles. The van der Waals surface area contributed by atoms with E-state index in [1.807, 2.05) is 0 Å². The van der Waals surface area contributed by atoms with Crippen LogP contribution in [0.3, 0.4) is 0 Å². The maximum absolute atomic E-state index is 0. The molecule has 0 spiro atoms. The maximum Gasteiger partial charge on any atom is 0 e. The fraction of sp³-hybridized carbons (Fsp3) is 0. The van der Waals surface area contributed by atoms with Crippen LogP contribution < -0.4 is 0 Å². The van der Waals surface area contributed by atoms with Gasteiger partial charge in [-0.2, -0.15) is 0 Å². The Morgan fingerprint density at radius 1 is 0.500 bits per heavy atom. The van der Waals surface area contributed by atoms with Crippen LogP contribution in [0.15, 0.2) is 0 Å². The average molecular weight is 178 g/mol.